The average molecular weight is 338 g/mol. The summed E-state index contributed by atoms with van der Waals surface area (Å²) in [6, 6.07) is 9.93. The number of amides is 2. The molecule has 0 saturated heterocycles. The van der Waals surface area contributed by atoms with Gasteiger partial charge in [-0.05, 0) is 44.2 Å². The van der Waals surface area contributed by atoms with E-state index in [4.69, 9.17) is 0 Å². The number of allylic oxidation sites excluding steroid dienone is 1. The molecular formula is C20H26N4O. The number of hydrogen-bond donors (Lipinski definition) is 1. The van der Waals surface area contributed by atoms with Gasteiger partial charge < -0.3 is 10.2 Å². The highest BCUT2D eigenvalue weighted by molar-refractivity contribution is 5.73. The van der Waals surface area contributed by atoms with Gasteiger partial charge in [-0.15, -0.1) is 0 Å². The van der Waals surface area contributed by atoms with Crippen LogP contribution in [0.25, 0.3) is 5.69 Å². The number of nitrogens with one attached hydrogen (secondary N) is 1. The lowest BCUT2D eigenvalue weighted by atomic mass is 9.97. The highest BCUT2D eigenvalue weighted by Crippen LogP contribution is 2.19. The van der Waals surface area contributed by atoms with Gasteiger partial charge in [-0.2, -0.15) is 5.10 Å². The smallest absolute Gasteiger partial charge is 0.317 e. The molecule has 0 atom stereocenters. The Balaban J connectivity index is 1.46. The van der Waals surface area contributed by atoms with E-state index in [1.54, 1.807) is 4.90 Å². The van der Waals surface area contributed by atoms with Crippen LogP contribution in [-0.4, -0.2) is 34.3 Å². The molecule has 132 valence electrons. The molecule has 2 aromatic rings. The van der Waals surface area contributed by atoms with Crippen LogP contribution in [0.15, 0.2) is 54.4 Å². The SMILES string of the molecule is CN(Cc1cnn(-c2ccccc2)c1)C(=O)NCCC1=CCCCC1. The highest BCUT2D eigenvalue weighted by Gasteiger charge is 2.11. The minimum absolute atomic E-state index is 0.0381. The molecule has 0 radical (unpaired) electrons. The van der Waals surface area contributed by atoms with Crippen molar-refractivity contribution in [3.8, 4) is 5.69 Å². The van der Waals surface area contributed by atoms with E-state index in [0.29, 0.717) is 13.1 Å². The van der Waals surface area contributed by atoms with Crippen molar-refractivity contribution in [2.75, 3.05) is 13.6 Å². The van der Waals surface area contributed by atoms with Crippen molar-refractivity contribution in [2.45, 2.75) is 38.6 Å². The predicted octanol–water partition coefficient (Wildman–Crippen LogP) is 3.90. The van der Waals surface area contributed by atoms with Crippen LogP contribution in [-0.2, 0) is 6.54 Å². The summed E-state index contributed by atoms with van der Waals surface area (Å²) in [5.74, 6) is 0. The molecule has 1 aromatic heterocycles. The normalized spacial score (nSPS) is 14.0. The number of benzene rings is 1. The lowest BCUT2D eigenvalue weighted by molar-refractivity contribution is 0.207. The molecule has 1 aromatic carbocycles. The molecule has 1 aliphatic carbocycles. The zero-order valence-electron chi connectivity index (χ0n) is 14.8. The number of aromatic nitrogens is 2. The summed E-state index contributed by atoms with van der Waals surface area (Å²) in [6.07, 6.45) is 12.0. The Labute approximate surface area is 149 Å². The van der Waals surface area contributed by atoms with Crippen LogP contribution in [0.2, 0.25) is 0 Å². The molecule has 0 fully saturated rings. The number of nitrogens with zero attached hydrogens (tertiary/aromatic N) is 3. The maximum absolute atomic E-state index is 12.2. The third-order valence-electron chi connectivity index (χ3n) is 4.53. The fourth-order valence-electron chi connectivity index (χ4n) is 3.11. The fraction of sp³-hybridized carbons (Fsp3) is 0.400. The molecule has 1 N–H and O–H groups in total. The summed E-state index contributed by atoms with van der Waals surface area (Å²) >= 11 is 0. The van der Waals surface area contributed by atoms with Crippen LogP contribution < -0.4 is 5.32 Å². The van der Waals surface area contributed by atoms with Crippen molar-refractivity contribution >= 4 is 6.03 Å². The van der Waals surface area contributed by atoms with Gasteiger partial charge in [0.15, 0.2) is 0 Å². The van der Waals surface area contributed by atoms with Gasteiger partial charge in [0.05, 0.1) is 18.4 Å². The molecule has 5 heteroatoms. The van der Waals surface area contributed by atoms with Gasteiger partial charge in [0.1, 0.15) is 0 Å². The number of carbonyl (C=O) groups excluding carboxylic acids is 1. The van der Waals surface area contributed by atoms with Crippen molar-refractivity contribution in [1.29, 1.82) is 0 Å². The molecule has 2 amide bonds. The second kappa shape index (κ2) is 8.51. The van der Waals surface area contributed by atoms with E-state index in [9.17, 15) is 4.79 Å². The molecule has 0 aliphatic heterocycles. The summed E-state index contributed by atoms with van der Waals surface area (Å²) < 4.78 is 1.83. The summed E-state index contributed by atoms with van der Waals surface area (Å²) in [5, 5.41) is 7.38. The van der Waals surface area contributed by atoms with E-state index in [1.165, 1.54) is 31.3 Å². The molecule has 0 bridgehead atoms. The van der Waals surface area contributed by atoms with Crippen LogP contribution in [0.5, 0.6) is 0 Å². The van der Waals surface area contributed by atoms with Crippen molar-refractivity contribution in [1.82, 2.24) is 20.0 Å². The second-order valence-corrected chi connectivity index (χ2v) is 6.57. The third kappa shape index (κ3) is 4.95. The van der Waals surface area contributed by atoms with Crippen LogP contribution in [0, 0.1) is 0 Å². The van der Waals surface area contributed by atoms with Crippen molar-refractivity contribution < 1.29 is 4.79 Å². The van der Waals surface area contributed by atoms with Crippen LogP contribution in [0.1, 0.15) is 37.7 Å². The van der Waals surface area contributed by atoms with Gasteiger partial charge in [0.25, 0.3) is 0 Å². The largest absolute Gasteiger partial charge is 0.338 e. The van der Waals surface area contributed by atoms with Crippen molar-refractivity contribution in [3.05, 3.63) is 59.9 Å². The van der Waals surface area contributed by atoms with Gasteiger partial charge in [-0.1, -0.05) is 29.8 Å². The van der Waals surface area contributed by atoms with Crippen LogP contribution >= 0.6 is 0 Å². The number of rotatable bonds is 6. The molecule has 0 unspecified atom stereocenters. The first kappa shape index (κ1) is 17.3. The minimum Gasteiger partial charge on any atom is -0.338 e. The van der Waals surface area contributed by atoms with Gasteiger partial charge in [0, 0.05) is 25.4 Å². The fourth-order valence-corrected chi connectivity index (χ4v) is 3.11. The first-order valence-electron chi connectivity index (χ1n) is 8.98. The Hall–Kier alpha value is -2.56. The molecule has 3 rings (SSSR count). The van der Waals surface area contributed by atoms with Gasteiger partial charge in [-0.25, -0.2) is 9.48 Å². The summed E-state index contributed by atoms with van der Waals surface area (Å²) in [6.45, 7) is 1.25. The van der Waals surface area contributed by atoms with E-state index in [-0.39, 0.29) is 6.03 Å². The quantitative estimate of drug-likeness (QED) is 0.812. The average Bonchev–Trinajstić information content (AvgIpc) is 3.12. The first-order valence-corrected chi connectivity index (χ1v) is 8.98. The van der Waals surface area contributed by atoms with Crippen molar-refractivity contribution in [2.24, 2.45) is 0 Å². The summed E-state index contributed by atoms with van der Waals surface area (Å²) in [4.78, 5) is 13.9. The van der Waals surface area contributed by atoms with E-state index in [2.05, 4.69) is 16.5 Å². The maximum atomic E-state index is 12.2. The Morgan fingerprint density at radius 2 is 2.12 bits per heavy atom. The minimum atomic E-state index is -0.0381. The summed E-state index contributed by atoms with van der Waals surface area (Å²) in [5.41, 5.74) is 3.51. The van der Waals surface area contributed by atoms with Crippen LogP contribution in [0.4, 0.5) is 4.79 Å². The zero-order chi connectivity index (χ0) is 17.5. The number of para-hydroxylation sites is 1. The zero-order valence-corrected chi connectivity index (χ0v) is 14.8. The Morgan fingerprint density at radius 3 is 2.88 bits per heavy atom. The number of urea groups is 1. The van der Waals surface area contributed by atoms with E-state index in [0.717, 1.165) is 17.7 Å². The first-order chi connectivity index (χ1) is 12.2. The maximum Gasteiger partial charge on any atom is 0.317 e. The van der Waals surface area contributed by atoms with Gasteiger partial charge in [-0.3, -0.25) is 0 Å². The van der Waals surface area contributed by atoms with E-state index < -0.39 is 0 Å². The Kier molecular flexibility index (Phi) is 5.88. The van der Waals surface area contributed by atoms with Crippen molar-refractivity contribution in [3.63, 3.8) is 0 Å². The lowest BCUT2D eigenvalue weighted by Crippen LogP contribution is -2.37. The van der Waals surface area contributed by atoms with E-state index in [1.807, 2.05) is 54.5 Å². The molecule has 0 saturated carbocycles. The summed E-state index contributed by atoms with van der Waals surface area (Å²) in [7, 11) is 1.81. The third-order valence-corrected chi connectivity index (χ3v) is 4.53. The lowest BCUT2D eigenvalue weighted by Gasteiger charge is -2.18. The molecule has 25 heavy (non-hydrogen) atoms. The predicted molar refractivity (Wildman–Crippen MR) is 99.6 cm³/mol. The van der Waals surface area contributed by atoms with Crippen LogP contribution in [0.3, 0.4) is 0 Å². The Morgan fingerprint density at radius 1 is 1.28 bits per heavy atom. The van der Waals surface area contributed by atoms with E-state index >= 15 is 0 Å². The standard InChI is InChI=1S/C20H26N4O/c1-23(20(25)21-13-12-17-8-4-2-5-9-17)15-18-14-22-24(16-18)19-10-6-3-7-11-19/h3,6-8,10-11,14,16H,2,4-5,9,12-13,15H2,1H3,(H,21,25). The van der Waals surface area contributed by atoms with Gasteiger partial charge >= 0.3 is 6.03 Å². The molecule has 1 aliphatic rings. The molecule has 1 heterocycles. The topological polar surface area (TPSA) is 50.2 Å². The highest BCUT2D eigenvalue weighted by atomic mass is 16.2. The second-order valence-electron chi connectivity index (χ2n) is 6.57. The van der Waals surface area contributed by atoms with Gasteiger partial charge in [0.2, 0.25) is 0 Å². The monoisotopic (exact) mass is 338 g/mol. The molecule has 0 spiro atoms. The molecular weight excluding hydrogens is 312 g/mol. The Bertz CT molecular complexity index is 720. The number of carbonyl (C=O) groups is 1. The molecule has 5 nitrogen and oxygen atoms in total. The number of hydrogen-bond acceptors (Lipinski definition) is 2.